The number of phenolic OH excluding ortho intramolecular Hbond substituents is 1. The van der Waals surface area contributed by atoms with Gasteiger partial charge in [-0.15, -0.1) is 11.3 Å². The molecule has 3 N–H and O–H groups in total. The van der Waals surface area contributed by atoms with Crippen molar-refractivity contribution >= 4 is 22.7 Å². The molecule has 0 fully saturated rings. The molecule has 7 heteroatoms. The lowest BCUT2D eigenvalue weighted by Gasteiger charge is -2.05. The molecule has 2 aromatic rings. The topological polar surface area (TPSA) is 102 Å². The molecule has 1 aromatic carbocycles. The minimum Gasteiger partial charge on any atom is -0.507 e. The predicted molar refractivity (Wildman–Crippen MR) is 60.3 cm³/mol. The van der Waals surface area contributed by atoms with Crippen LogP contribution in [0.3, 0.4) is 0 Å². The lowest BCUT2D eigenvalue weighted by Crippen LogP contribution is -1.98. The Morgan fingerprint density at radius 1 is 1.50 bits per heavy atom. The van der Waals surface area contributed by atoms with Gasteiger partial charge in [0, 0.05) is 17.6 Å². The first-order chi connectivity index (χ1) is 7.61. The summed E-state index contributed by atoms with van der Waals surface area (Å²) in [5.41, 5.74) is 5.55. The summed E-state index contributed by atoms with van der Waals surface area (Å²) in [6.45, 7) is 0. The van der Waals surface area contributed by atoms with Crippen LogP contribution in [0.4, 0.5) is 11.4 Å². The van der Waals surface area contributed by atoms with Crippen LogP contribution in [0.5, 0.6) is 5.75 Å². The van der Waals surface area contributed by atoms with Crippen LogP contribution in [0.2, 0.25) is 0 Å². The molecule has 16 heavy (non-hydrogen) atoms. The summed E-state index contributed by atoms with van der Waals surface area (Å²) in [5, 5.41) is 22.5. The van der Waals surface area contributed by atoms with Crippen molar-refractivity contribution < 1.29 is 10.0 Å². The molecule has 0 aliphatic rings. The van der Waals surface area contributed by atoms with Gasteiger partial charge in [0.15, 0.2) is 0 Å². The average Bonchev–Trinajstić information content (AvgIpc) is 2.70. The number of anilines is 1. The lowest BCUT2D eigenvalue weighted by atomic mass is 10.1. The zero-order chi connectivity index (χ0) is 11.7. The highest BCUT2D eigenvalue weighted by Crippen LogP contribution is 2.40. The Balaban J connectivity index is 2.69. The van der Waals surface area contributed by atoms with Gasteiger partial charge in [0.1, 0.15) is 16.4 Å². The third-order valence-corrected chi connectivity index (χ3v) is 2.83. The van der Waals surface area contributed by atoms with Crippen LogP contribution in [0.1, 0.15) is 0 Å². The van der Waals surface area contributed by atoms with E-state index in [1.165, 1.54) is 29.7 Å². The van der Waals surface area contributed by atoms with Gasteiger partial charge in [-0.1, -0.05) is 0 Å². The molecule has 82 valence electrons. The van der Waals surface area contributed by atoms with E-state index in [1.54, 1.807) is 5.38 Å². The Morgan fingerprint density at radius 2 is 2.25 bits per heavy atom. The number of hydrogen-bond acceptors (Lipinski definition) is 6. The van der Waals surface area contributed by atoms with Crippen LogP contribution in [0.25, 0.3) is 10.6 Å². The molecule has 6 nitrogen and oxygen atoms in total. The first-order valence-corrected chi connectivity index (χ1v) is 5.15. The van der Waals surface area contributed by atoms with Crippen molar-refractivity contribution in [2.24, 2.45) is 0 Å². The van der Waals surface area contributed by atoms with Gasteiger partial charge in [-0.3, -0.25) is 10.1 Å². The highest BCUT2D eigenvalue weighted by molar-refractivity contribution is 7.13. The minimum absolute atomic E-state index is 0.0695. The van der Waals surface area contributed by atoms with Crippen LogP contribution in [-0.4, -0.2) is 15.0 Å². The lowest BCUT2D eigenvalue weighted by molar-refractivity contribution is -0.383. The first-order valence-electron chi connectivity index (χ1n) is 4.27. The molecule has 0 amide bonds. The van der Waals surface area contributed by atoms with Crippen molar-refractivity contribution in [3.05, 3.63) is 33.8 Å². The maximum atomic E-state index is 10.7. The standard InChI is InChI=1S/C9H7N3O3S/c10-8-5(12(14)15)1-2-6(13)7(8)9-11-3-4-16-9/h1-4,13H,10H2. The van der Waals surface area contributed by atoms with Crippen molar-refractivity contribution in [3.8, 4) is 16.3 Å². The number of thiazole rings is 1. The van der Waals surface area contributed by atoms with Crippen LogP contribution in [0, 0.1) is 10.1 Å². The number of phenols is 1. The van der Waals surface area contributed by atoms with Gasteiger partial charge in [0.25, 0.3) is 5.69 Å². The van der Waals surface area contributed by atoms with Crippen molar-refractivity contribution in [1.29, 1.82) is 0 Å². The predicted octanol–water partition coefficient (Wildman–Crippen LogP) is 2.01. The third-order valence-electron chi connectivity index (χ3n) is 2.04. The van der Waals surface area contributed by atoms with E-state index in [4.69, 9.17) is 5.73 Å². The third kappa shape index (κ3) is 1.57. The number of aromatic nitrogens is 1. The van der Waals surface area contributed by atoms with Crippen molar-refractivity contribution in [2.45, 2.75) is 0 Å². The molecule has 0 unspecified atom stereocenters. The van der Waals surface area contributed by atoms with Crippen molar-refractivity contribution in [3.63, 3.8) is 0 Å². The number of benzene rings is 1. The fraction of sp³-hybridized carbons (Fsp3) is 0. The van der Waals surface area contributed by atoms with E-state index in [0.717, 1.165) is 0 Å². The van der Waals surface area contributed by atoms with Gasteiger partial charge >= 0.3 is 0 Å². The average molecular weight is 237 g/mol. The molecule has 0 bridgehead atoms. The van der Waals surface area contributed by atoms with E-state index >= 15 is 0 Å². The van der Waals surface area contributed by atoms with Crippen molar-refractivity contribution in [2.75, 3.05) is 5.73 Å². The fourth-order valence-electron chi connectivity index (χ4n) is 1.33. The highest BCUT2D eigenvalue weighted by Gasteiger charge is 2.20. The summed E-state index contributed by atoms with van der Waals surface area (Å²) >= 11 is 1.25. The minimum atomic E-state index is -0.591. The monoisotopic (exact) mass is 237 g/mol. The van der Waals surface area contributed by atoms with Crippen molar-refractivity contribution in [1.82, 2.24) is 4.98 Å². The maximum absolute atomic E-state index is 10.7. The smallest absolute Gasteiger partial charge is 0.293 e. The van der Waals surface area contributed by atoms with E-state index in [9.17, 15) is 15.2 Å². The Kier molecular flexibility index (Phi) is 2.45. The Morgan fingerprint density at radius 3 is 2.81 bits per heavy atom. The SMILES string of the molecule is Nc1c([N+](=O)[O-])ccc(O)c1-c1nccs1. The molecule has 0 atom stereocenters. The number of nitrogens with two attached hydrogens (primary N) is 1. The second kappa shape index (κ2) is 3.78. The Hall–Kier alpha value is -2.15. The first kappa shape index (κ1) is 10.4. The van der Waals surface area contributed by atoms with Gasteiger partial charge in [-0.2, -0.15) is 0 Å². The zero-order valence-electron chi connectivity index (χ0n) is 7.95. The second-order valence-corrected chi connectivity index (χ2v) is 3.88. The van der Waals surface area contributed by atoms with Gasteiger partial charge in [-0.05, 0) is 6.07 Å². The number of rotatable bonds is 2. The summed E-state index contributed by atoms with van der Waals surface area (Å²) < 4.78 is 0. The Bertz CT molecular complexity index is 539. The van der Waals surface area contributed by atoms with E-state index in [0.29, 0.717) is 5.01 Å². The normalized spacial score (nSPS) is 10.2. The van der Waals surface area contributed by atoms with Gasteiger partial charge in [-0.25, -0.2) is 4.98 Å². The summed E-state index contributed by atoms with van der Waals surface area (Å²) in [5.74, 6) is -0.113. The molecule has 0 saturated heterocycles. The van der Waals surface area contributed by atoms with Crippen LogP contribution < -0.4 is 5.73 Å². The van der Waals surface area contributed by atoms with Crippen LogP contribution in [-0.2, 0) is 0 Å². The summed E-state index contributed by atoms with van der Waals surface area (Å²) in [4.78, 5) is 14.1. The molecule has 1 aromatic heterocycles. The van der Waals surface area contributed by atoms with E-state index in [-0.39, 0.29) is 22.7 Å². The van der Waals surface area contributed by atoms with Gasteiger partial charge < -0.3 is 10.8 Å². The molecule has 0 saturated carbocycles. The number of nitrogen functional groups attached to an aromatic ring is 1. The number of aromatic hydroxyl groups is 1. The summed E-state index contributed by atoms with van der Waals surface area (Å²) in [6, 6.07) is 2.41. The molecule has 1 heterocycles. The van der Waals surface area contributed by atoms with Gasteiger partial charge in [0.05, 0.1) is 10.5 Å². The van der Waals surface area contributed by atoms with Crippen LogP contribution >= 0.6 is 11.3 Å². The van der Waals surface area contributed by atoms with E-state index in [2.05, 4.69) is 4.98 Å². The molecule has 0 aliphatic carbocycles. The number of nitro groups is 1. The maximum Gasteiger partial charge on any atom is 0.293 e. The molecule has 2 rings (SSSR count). The van der Waals surface area contributed by atoms with Crippen LogP contribution in [0.15, 0.2) is 23.7 Å². The van der Waals surface area contributed by atoms with Gasteiger partial charge in [0.2, 0.25) is 0 Å². The number of nitro benzene ring substituents is 1. The van der Waals surface area contributed by atoms with E-state index < -0.39 is 4.92 Å². The second-order valence-electron chi connectivity index (χ2n) is 2.99. The molecule has 0 spiro atoms. The molecule has 0 aliphatic heterocycles. The largest absolute Gasteiger partial charge is 0.507 e. The Labute approximate surface area is 94.1 Å². The quantitative estimate of drug-likeness (QED) is 0.472. The number of nitrogens with zero attached hydrogens (tertiary/aromatic N) is 2. The molecule has 0 radical (unpaired) electrons. The fourth-order valence-corrected chi connectivity index (χ4v) is 2.03. The molecular weight excluding hydrogens is 230 g/mol. The highest BCUT2D eigenvalue weighted by atomic mass is 32.1. The number of hydrogen-bond donors (Lipinski definition) is 2. The molecular formula is C9H7N3O3S. The zero-order valence-corrected chi connectivity index (χ0v) is 8.77. The summed E-state index contributed by atoms with van der Waals surface area (Å²) in [6.07, 6.45) is 1.54. The summed E-state index contributed by atoms with van der Waals surface area (Å²) in [7, 11) is 0. The van der Waals surface area contributed by atoms with E-state index in [1.807, 2.05) is 0 Å².